The smallest absolute Gasteiger partial charge is 0.333 e. The normalized spacial score (nSPS) is 22.0. The molecule has 3 rings (SSSR count). The van der Waals surface area contributed by atoms with Crippen molar-refractivity contribution in [2.45, 2.75) is 109 Å². The number of hydrogen-bond donors (Lipinski definition) is 3. The zero-order chi connectivity index (χ0) is 30.3. The van der Waals surface area contributed by atoms with Crippen LogP contribution in [-0.2, 0) is 28.2 Å². The Morgan fingerprint density at radius 3 is 2.20 bits per heavy atom. The molecule has 0 saturated carbocycles. The van der Waals surface area contributed by atoms with Crippen LogP contribution < -0.4 is 21.8 Å². The summed E-state index contributed by atoms with van der Waals surface area (Å²) in [6.07, 6.45) is -0.755. The highest BCUT2D eigenvalue weighted by atomic mass is 28.4. The number of ether oxygens (including phenoxy) is 1. The van der Waals surface area contributed by atoms with Gasteiger partial charge < -0.3 is 24.4 Å². The molecule has 1 unspecified atom stereocenters. The molecule has 11 heteroatoms. The maximum atomic E-state index is 16.5. The van der Waals surface area contributed by atoms with Crippen molar-refractivity contribution in [1.82, 2.24) is 14.5 Å². The minimum atomic E-state index is -3.38. The Morgan fingerprint density at radius 1 is 1.12 bits per heavy atom. The number of carbonyl (C=O) groups is 1. The number of rotatable bonds is 8. The van der Waals surface area contributed by atoms with Crippen LogP contribution in [0.1, 0.15) is 72.4 Å². The molecule has 1 aliphatic rings. The number of nitrogens with one attached hydrogen (secondary N) is 1. The van der Waals surface area contributed by atoms with E-state index in [0.717, 1.165) is 10.1 Å². The van der Waals surface area contributed by atoms with E-state index in [1.54, 1.807) is 13.8 Å². The first-order valence-corrected chi connectivity index (χ1v) is 15.6. The highest BCUT2D eigenvalue weighted by Gasteiger charge is 2.56. The van der Waals surface area contributed by atoms with Gasteiger partial charge >= 0.3 is 5.69 Å². The fraction of sp³-hybridized carbons (Fsp3) is 0.621. The number of hydrogen-bond acceptors (Lipinski definition) is 6. The molecule has 1 aromatic carbocycles. The van der Waals surface area contributed by atoms with E-state index >= 15 is 4.11 Å². The number of nitrogens with zero attached hydrogens (tertiary/aromatic N) is 2. The van der Waals surface area contributed by atoms with Gasteiger partial charge in [0.05, 0.1) is 6.42 Å². The van der Waals surface area contributed by atoms with Gasteiger partial charge in [-0.25, -0.2) is 4.79 Å². The SMILES string of the molecule is Cc1cn(C2(C)C[C@H](O)[C@H](O)O2)c(=O)n(CCCNC(=O)Cc2ccc([Si](F)(C(C)(C)C)C(C)(C)C)cc2)c1=O. The Labute approximate surface area is 236 Å². The van der Waals surface area contributed by atoms with Crippen molar-refractivity contribution in [3.05, 3.63) is 62.4 Å². The van der Waals surface area contributed by atoms with E-state index in [1.165, 1.54) is 10.8 Å². The number of aliphatic hydroxyl groups is 2. The zero-order valence-electron chi connectivity index (χ0n) is 24.9. The van der Waals surface area contributed by atoms with Gasteiger partial charge in [-0.05, 0) is 41.1 Å². The highest BCUT2D eigenvalue weighted by Crippen LogP contribution is 2.51. The largest absolute Gasteiger partial charge is 0.388 e. The molecule has 0 spiro atoms. The van der Waals surface area contributed by atoms with E-state index in [4.69, 9.17) is 4.74 Å². The number of aromatic nitrogens is 2. The third-order valence-corrected chi connectivity index (χ3v) is 13.1. The third kappa shape index (κ3) is 6.17. The second-order valence-electron chi connectivity index (χ2n) is 13.1. The van der Waals surface area contributed by atoms with Gasteiger partial charge in [0.25, 0.3) is 14.0 Å². The minimum absolute atomic E-state index is 0.0103. The van der Waals surface area contributed by atoms with E-state index in [0.29, 0.717) is 17.2 Å². The van der Waals surface area contributed by atoms with E-state index < -0.39 is 47.9 Å². The molecule has 222 valence electrons. The summed E-state index contributed by atoms with van der Waals surface area (Å²) in [7, 11) is -3.38. The van der Waals surface area contributed by atoms with Crippen LogP contribution in [0.15, 0.2) is 40.1 Å². The minimum Gasteiger partial charge on any atom is -0.388 e. The van der Waals surface area contributed by atoms with Gasteiger partial charge in [0, 0.05) is 31.3 Å². The van der Waals surface area contributed by atoms with Gasteiger partial charge in [-0.15, -0.1) is 0 Å². The van der Waals surface area contributed by atoms with Crippen LogP contribution in [0.4, 0.5) is 4.11 Å². The first-order valence-electron chi connectivity index (χ1n) is 13.7. The summed E-state index contributed by atoms with van der Waals surface area (Å²) in [4.78, 5) is 38.4. The van der Waals surface area contributed by atoms with E-state index in [9.17, 15) is 24.6 Å². The molecule has 9 nitrogen and oxygen atoms in total. The summed E-state index contributed by atoms with van der Waals surface area (Å²) in [5.41, 5.74) is -1.29. The van der Waals surface area contributed by atoms with Crippen LogP contribution >= 0.6 is 0 Å². The maximum Gasteiger partial charge on any atom is 0.333 e. The van der Waals surface area contributed by atoms with Gasteiger partial charge in [-0.1, -0.05) is 65.8 Å². The molecule has 0 aliphatic carbocycles. The van der Waals surface area contributed by atoms with Crippen molar-refractivity contribution in [2.24, 2.45) is 0 Å². The van der Waals surface area contributed by atoms with Crippen LogP contribution in [0.3, 0.4) is 0 Å². The quantitative estimate of drug-likeness (QED) is 0.252. The predicted octanol–water partition coefficient (Wildman–Crippen LogP) is 2.56. The highest BCUT2D eigenvalue weighted by molar-refractivity contribution is 6.90. The van der Waals surface area contributed by atoms with E-state index in [2.05, 4.69) is 5.32 Å². The zero-order valence-corrected chi connectivity index (χ0v) is 25.9. The van der Waals surface area contributed by atoms with Crippen molar-refractivity contribution in [2.75, 3.05) is 6.54 Å². The standard InChI is InChI=1S/C29H44FN3O6Si/c1-19-18-33(29(8)17-22(34)25(37)39-29)26(38)32(24(19)36)15-9-14-31-23(35)16-20-10-12-21(13-11-20)40(30,27(2,3)4)28(5,6)7/h10-13,18,22,25,34,37H,9,14-17H2,1-8H3,(H,31,35)/t22-,25+,29?/m0/s1. The lowest BCUT2D eigenvalue weighted by atomic mass is 10.1. The van der Waals surface area contributed by atoms with Crippen LogP contribution in [0, 0.1) is 6.92 Å². The monoisotopic (exact) mass is 577 g/mol. The molecule has 1 amide bonds. The van der Waals surface area contributed by atoms with Crippen molar-refractivity contribution < 1.29 is 23.9 Å². The Bertz CT molecular complexity index is 1320. The van der Waals surface area contributed by atoms with Crippen LogP contribution in [-0.4, -0.2) is 52.6 Å². The average Bonchev–Trinajstić information content (AvgIpc) is 3.11. The first-order chi connectivity index (χ1) is 18.3. The Kier molecular flexibility index (Phi) is 9.05. The predicted molar refractivity (Wildman–Crippen MR) is 155 cm³/mol. The van der Waals surface area contributed by atoms with Crippen molar-refractivity contribution in [3.8, 4) is 0 Å². The second kappa shape index (κ2) is 11.3. The van der Waals surface area contributed by atoms with Crippen LogP contribution in [0.5, 0.6) is 0 Å². The molecular formula is C29H44FN3O6Si. The fourth-order valence-electron chi connectivity index (χ4n) is 5.86. The van der Waals surface area contributed by atoms with Crippen molar-refractivity contribution >= 4 is 19.5 Å². The molecule has 0 radical (unpaired) electrons. The second-order valence-corrected chi connectivity index (χ2v) is 18.0. The van der Waals surface area contributed by atoms with Gasteiger partial charge in [0.1, 0.15) is 6.10 Å². The van der Waals surface area contributed by atoms with Crippen molar-refractivity contribution in [1.29, 1.82) is 0 Å². The number of halogens is 1. The number of benzene rings is 1. The van der Waals surface area contributed by atoms with Crippen LogP contribution in [0.2, 0.25) is 10.1 Å². The maximum absolute atomic E-state index is 16.5. The van der Waals surface area contributed by atoms with Gasteiger partial charge in [0.2, 0.25) is 5.91 Å². The number of aryl methyl sites for hydroxylation is 1. The lowest BCUT2D eigenvalue weighted by molar-refractivity contribution is -0.181. The number of amides is 1. The molecule has 2 aromatic rings. The van der Waals surface area contributed by atoms with Crippen LogP contribution in [0.25, 0.3) is 0 Å². The number of carbonyl (C=O) groups excluding carboxylic acids is 1. The Morgan fingerprint density at radius 2 is 1.70 bits per heavy atom. The molecule has 1 fully saturated rings. The van der Waals surface area contributed by atoms with Gasteiger partial charge in [-0.2, -0.15) is 0 Å². The van der Waals surface area contributed by atoms with Gasteiger partial charge in [0.15, 0.2) is 12.0 Å². The summed E-state index contributed by atoms with van der Waals surface area (Å²) in [6.45, 7) is 15.1. The summed E-state index contributed by atoms with van der Waals surface area (Å²) in [5.74, 6) is -0.216. The Hall–Kier alpha value is -2.60. The molecule has 1 saturated heterocycles. The molecule has 3 atom stereocenters. The summed E-state index contributed by atoms with van der Waals surface area (Å²) < 4.78 is 24.2. The summed E-state index contributed by atoms with van der Waals surface area (Å²) in [6, 6.07) is 7.24. The molecule has 3 N–H and O–H groups in total. The van der Waals surface area contributed by atoms with Gasteiger partial charge in [-0.3, -0.25) is 18.7 Å². The molecule has 1 aliphatic heterocycles. The lowest BCUT2D eigenvalue weighted by Crippen LogP contribution is -2.57. The van der Waals surface area contributed by atoms with Crippen molar-refractivity contribution in [3.63, 3.8) is 0 Å². The molecule has 0 bridgehead atoms. The summed E-state index contributed by atoms with van der Waals surface area (Å²) >= 11 is 0. The molecular weight excluding hydrogens is 533 g/mol. The van der Waals surface area contributed by atoms with E-state index in [-0.39, 0.29) is 31.8 Å². The topological polar surface area (TPSA) is 123 Å². The average molecular weight is 578 g/mol. The van der Waals surface area contributed by atoms with E-state index in [1.807, 2.05) is 65.8 Å². The Balaban J connectivity index is 1.63. The third-order valence-electron chi connectivity index (χ3n) is 7.81. The molecule has 40 heavy (non-hydrogen) atoms. The number of aliphatic hydroxyl groups excluding tert-OH is 2. The molecule has 1 aromatic heterocycles. The lowest BCUT2D eigenvalue weighted by Gasteiger charge is -2.44. The molecule has 2 heterocycles. The first kappa shape index (κ1) is 31.9. The summed E-state index contributed by atoms with van der Waals surface area (Å²) in [5, 5.41) is 22.3. The fourth-order valence-corrected chi connectivity index (χ4v) is 10.5.